The first-order chi connectivity index (χ1) is 12.2. The van der Waals surface area contributed by atoms with E-state index >= 15 is 0 Å². The van der Waals surface area contributed by atoms with E-state index in [0.29, 0.717) is 6.04 Å². The molecule has 1 atom stereocenters. The summed E-state index contributed by atoms with van der Waals surface area (Å²) in [5.41, 5.74) is 4.52. The average molecular weight is 340 g/mol. The topological polar surface area (TPSA) is 52.5 Å². The van der Waals surface area contributed by atoms with Crippen LogP contribution >= 0.6 is 0 Å². The Kier molecular flexibility index (Phi) is 6.13. The Morgan fingerprint density at radius 2 is 2.08 bits per heavy atom. The van der Waals surface area contributed by atoms with Crippen molar-refractivity contribution < 1.29 is 5.11 Å². The maximum Gasteiger partial charge on any atom is 0.0931 e. The first-order valence-corrected chi connectivity index (χ1v) is 9.06. The molecule has 1 aliphatic rings. The van der Waals surface area contributed by atoms with Crippen LogP contribution in [0.3, 0.4) is 0 Å². The number of allylic oxidation sites excluding steroid dienone is 1. The van der Waals surface area contributed by atoms with Gasteiger partial charge in [-0.1, -0.05) is 23.8 Å². The van der Waals surface area contributed by atoms with Crippen molar-refractivity contribution >= 4 is 11.0 Å². The number of para-hydroxylation sites is 1. The van der Waals surface area contributed by atoms with Gasteiger partial charge >= 0.3 is 0 Å². The van der Waals surface area contributed by atoms with Crippen molar-refractivity contribution in [2.24, 2.45) is 0 Å². The summed E-state index contributed by atoms with van der Waals surface area (Å²) in [5, 5.41) is 9.45. The molecule has 0 amide bonds. The Hall–Kier alpha value is -1.82. The lowest BCUT2D eigenvalue weighted by atomic mass is 10.1. The van der Waals surface area contributed by atoms with Crippen LogP contribution in [0.15, 0.2) is 42.2 Å². The highest BCUT2D eigenvalue weighted by atomic mass is 16.3. The van der Waals surface area contributed by atoms with Gasteiger partial charge in [0.05, 0.1) is 11.0 Å². The fourth-order valence-corrected chi connectivity index (χ4v) is 3.48. The van der Waals surface area contributed by atoms with Gasteiger partial charge in [0.15, 0.2) is 0 Å². The molecule has 1 aliphatic heterocycles. The quantitative estimate of drug-likeness (QED) is 0.819. The predicted octanol–water partition coefficient (Wildman–Crippen LogP) is 2.46. The Labute approximate surface area is 150 Å². The van der Waals surface area contributed by atoms with E-state index in [4.69, 9.17) is 0 Å². The molecule has 0 aliphatic carbocycles. The molecule has 25 heavy (non-hydrogen) atoms. The molecule has 3 rings (SSSR count). The third kappa shape index (κ3) is 4.63. The van der Waals surface area contributed by atoms with E-state index in [1.54, 1.807) is 12.4 Å². The van der Waals surface area contributed by atoms with Crippen LogP contribution in [0.4, 0.5) is 0 Å². The summed E-state index contributed by atoms with van der Waals surface area (Å²) in [6.07, 6.45) is 6.60. The minimum Gasteiger partial charge on any atom is -0.396 e. The van der Waals surface area contributed by atoms with Crippen molar-refractivity contribution in [2.75, 3.05) is 32.8 Å². The summed E-state index contributed by atoms with van der Waals surface area (Å²) < 4.78 is 0. The molecular formula is C20H28N4O. The highest BCUT2D eigenvalue weighted by Gasteiger charge is 2.26. The predicted molar refractivity (Wildman–Crippen MR) is 101 cm³/mol. The van der Waals surface area contributed by atoms with Gasteiger partial charge in [-0.2, -0.15) is 0 Å². The molecule has 0 bridgehead atoms. The molecule has 0 spiro atoms. The van der Waals surface area contributed by atoms with E-state index in [1.165, 1.54) is 11.1 Å². The van der Waals surface area contributed by atoms with Gasteiger partial charge in [0.1, 0.15) is 0 Å². The molecule has 134 valence electrons. The Balaban J connectivity index is 1.70. The molecule has 1 fully saturated rings. The van der Waals surface area contributed by atoms with Crippen molar-refractivity contribution in [1.82, 2.24) is 19.8 Å². The summed E-state index contributed by atoms with van der Waals surface area (Å²) in [6, 6.07) is 6.61. The molecule has 1 saturated heterocycles. The zero-order valence-electron chi connectivity index (χ0n) is 15.2. The van der Waals surface area contributed by atoms with Crippen LogP contribution in [-0.4, -0.2) is 63.7 Å². The van der Waals surface area contributed by atoms with Gasteiger partial charge in [-0.05, 0) is 31.9 Å². The summed E-state index contributed by atoms with van der Waals surface area (Å²) >= 11 is 0. The van der Waals surface area contributed by atoms with E-state index in [2.05, 4.69) is 51.8 Å². The first-order valence-electron chi connectivity index (χ1n) is 9.06. The second-order valence-electron chi connectivity index (χ2n) is 7.02. The third-order valence-corrected chi connectivity index (χ3v) is 4.86. The first kappa shape index (κ1) is 18.0. The van der Waals surface area contributed by atoms with E-state index in [-0.39, 0.29) is 6.61 Å². The molecule has 0 unspecified atom stereocenters. The Morgan fingerprint density at radius 1 is 1.24 bits per heavy atom. The number of benzene rings is 1. The van der Waals surface area contributed by atoms with E-state index in [9.17, 15) is 5.11 Å². The molecule has 0 radical (unpaired) electrons. The zero-order chi connectivity index (χ0) is 17.6. The van der Waals surface area contributed by atoms with Gasteiger partial charge in [0.2, 0.25) is 0 Å². The number of hydrogen-bond acceptors (Lipinski definition) is 5. The Bertz CT molecular complexity index is 721. The van der Waals surface area contributed by atoms with Gasteiger partial charge in [-0.25, -0.2) is 0 Å². The number of fused-ring (bicyclic) bond motifs is 1. The van der Waals surface area contributed by atoms with Gasteiger partial charge < -0.3 is 5.11 Å². The van der Waals surface area contributed by atoms with E-state index in [0.717, 1.165) is 50.2 Å². The maximum atomic E-state index is 9.45. The fourth-order valence-electron chi connectivity index (χ4n) is 3.48. The molecule has 1 N–H and O–H groups in total. The number of hydrogen-bond donors (Lipinski definition) is 1. The minimum atomic E-state index is 0.240. The third-order valence-electron chi connectivity index (χ3n) is 4.86. The second-order valence-corrected chi connectivity index (χ2v) is 7.02. The van der Waals surface area contributed by atoms with Gasteiger partial charge in [-0.3, -0.25) is 19.8 Å². The molecule has 5 nitrogen and oxygen atoms in total. The van der Waals surface area contributed by atoms with Crippen LogP contribution in [0.2, 0.25) is 0 Å². The van der Waals surface area contributed by atoms with Crippen LogP contribution in [0.25, 0.3) is 11.0 Å². The SMILES string of the molecule is CC(C)=CCN1CCN(Cc2cccc3nccnc23)C[C@@H]1CCO. The van der Waals surface area contributed by atoms with Crippen LogP contribution in [0.1, 0.15) is 25.8 Å². The lowest BCUT2D eigenvalue weighted by Crippen LogP contribution is -2.53. The summed E-state index contributed by atoms with van der Waals surface area (Å²) in [6.45, 7) is 9.42. The lowest BCUT2D eigenvalue weighted by molar-refractivity contribution is 0.0638. The number of aliphatic hydroxyl groups excluding tert-OH is 1. The normalized spacial score (nSPS) is 19.2. The standard InChI is InChI=1S/C20H28N4O/c1-16(2)6-10-24-12-11-23(15-18(24)7-13-25)14-17-4-3-5-19-20(17)22-9-8-21-19/h3-6,8-9,18,25H,7,10-15H2,1-2H3/t18-/m0/s1. The molecule has 2 aromatic rings. The van der Waals surface area contributed by atoms with Crippen molar-refractivity contribution in [1.29, 1.82) is 0 Å². The highest BCUT2D eigenvalue weighted by Crippen LogP contribution is 2.19. The molecule has 1 aromatic heterocycles. The van der Waals surface area contributed by atoms with Crippen molar-refractivity contribution in [3.05, 3.63) is 47.8 Å². The second kappa shape index (κ2) is 8.52. The lowest BCUT2D eigenvalue weighted by Gasteiger charge is -2.41. The molecular weight excluding hydrogens is 312 g/mol. The monoisotopic (exact) mass is 340 g/mol. The van der Waals surface area contributed by atoms with Gasteiger partial charge in [0.25, 0.3) is 0 Å². The van der Waals surface area contributed by atoms with E-state index < -0.39 is 0 Å². The number of piperazine rings is 1. The number of rotatable bonds is 6. The van der Waals surface area contributed by atoms with Crippen LogP contribution in [0, 0.1) is 0 Å². The van der Waals surface area contributed by atoms with Gasteiger partial charge in [0, 0.05) is 57.8 Å². The smallest absolute Gasteiger partial charge is 0.0931 e. The number of nitrogens with zero attached hydrogens (tertiary/aromatic N) is 4. The highest BCUT2D eigenvalue weighted by molar-refractivity contribution is 5.77. The average Bonchev–Trinajstić information content (AvgIpc) is 2.61. The van der Waals surface area contributed by atoms with Crippen LogP contribution in [0.5, 0.6) is 0 Å². The van der Waals surface area contributed by atoms with Crippen molar-refractivity contribution in [3.63, 3.8) is 0 Å². The van der Waals surface area contributed by atoms with Crippen LogP contribution < -0.4 is 0 Å². The zero-order valence-corrected chi connectivity index (χ0v) is 15.2. The largest absolute Gasteiger partial charge is 0.396 e. The summed E-state index contributed by atoms with van der Waals surface area (Å²) in [7, 11) is 0. The maximum absolute atomic E-state index is 9.45. The van der Waals surface area contributed by atoms with Crippen molar-refractivity contribution in [3.8, 4) is 0 Å². The Morgan fingerprint density at radius 3 is 2.88 bits per heavy atom. The van der Waals surface area contributed by atoms with E-state index in [1.807, 2.05) is 6.07 Å². The molecule has 0 saturated carbocycles. The van der Waals surface area contributed by atoms with Gasteiger partial charge in [-0.15, -0.1) is 0 Å². The number of aliphatic hydroxyl groups is 1. The minimum absolute atomic E-state index is 0.240. The molecule has 2 heterocycles. The summed E-state index contributed by atoms with van der Waals surface area (Å²) in [5.74, 6) is 0. The number of aromatic nitrogens is 2. The summed E-state index contributed by atoms with van der Waals surface area (Å²) in [4.78, 5) is 13.9. The fraction of sp³-hybridized carbons (Fsp3) is 0.500. The van der Waals surface area contributed by atoms with Crippen molar-refractivity contribution in [2.45, 2.75) is 32.9 Å². The van der Waals surface area contributed by atoms with Crippen LogP contribution in [-0.2, 0) is 6.54 Å². The molecule has 1 aromatic carbocycles. The molecule has 5 heteroatoms.